The average molecular weight is 368 g/mol. The first-order valence-electron chi connectivity index (χ1n) is 8.82. The van der Waals surface area contributed by atoms with Gasteiger partial charge >= 0.3 is 0 Å². The van der Waals surface area contributed by atoms with Gasteiger partial charge in [0.15, 0.2) is 0 Å². The van der Waals surface area contributed by atoms with E-state index >= 15 is 0 Å². The Kier molecular flexibility index (Phi) is 6.65. The quantitative estimate of drug-likeness (QED) is 0.456. The molecular weight excluding hydrogens is 344 g/mol. The number of anilines is 1. The molecule has 0 aliphatic carbocycles. The molecule has 142 valence electrons. The molecule has 1 amide bonds. The first kappa shape index (κ1) is 20.1. The molecule has 1 N–H and O–H groups in total. The van der Waals surface area contributed by atoms with Gasteiger partial charge < -0.3 is 4.90 Å². The van der Waals surface area contributed by atoms with E-state index < -0.39 is 4.92 Å². The van der Waals surface area contributed by atoms with Crippen molar-refractivity contribution in [3.63, 3.8) is 0 Å². The summed E-state index contributed by atoms with van der Waals surface area (Å²) in [7, 11) is 0. The highest BCUT2D eigenvalue weighted by Gasteiger charge is 2.13. The fourth-order valence-electron chi connectivity index (χ4n) is 2.71. The van der Waals surface area contributed by atoms with Crippen molar-refractivity contribution in [2.24, 2.45) is 5.10 Å². The maximum absolute atomic E-state index is 12.3. The highest BCUT2D eigenvalue weighted by Crippen LogP contribution is 2.19. The number of hydrogen-bond acceptors (Lipinski definition) is 5. The second kappa shape index (κ2) is 8.93. The van der Waals surface area contributed by atoms with Gasteiger partial charge in [0.2, 0.25) is 0 Å². The van der Waals surface area contributed by atoms with Crippen LogP contribution in [0.4, 0.5) is 11.4 Å². The van der Waals surface area contributed by atoms with Crippen molar-refractivity contribution in [1.29, 1.82) is 0 Å². The van der Waals surface area contributed by atoms with Gasteiger partial charge in [0.05, 0.1) is 10.6 Å². The molecular formula is C20H24N4O3. The van der Waals surface area contributed by atoms with E-state index in [9.17, 15) is 14.9 Å². The maximum Gasteiger partial charge on any atom is 0.272 e. The molecule has 0 atom stereocenters. The summed E-state index contributed by atoms with van der Waals surface area (Å²) in [6.07, 6.45) is 0. The van der Waals surface area contributed by atoms with E-state index in [4.69, 9.17) is 0 Å². The van der Waals surface area contributed by atoms with Crippen LogP contribution in [0.1, 0.15) is 42.3 Å². The van der Waals surface area contributed by atoms with Crippen LogP contribution in [0, 0.1) is 17.0 Å². The Hall–Kier alpha value is -3.22. The van der Waals surface area contributed by atoms with Gasteiger partial charge in [0.1, 0.15) is 0 Å². The summed E-state index contributed by atoms with van der Waals surface area (Å²) in [5.74, 6) is -0.331. The monoisotopic (exact) mass is 368 g/mol. The molecule has 0 unspecified atom stereocenters. The normalized spacial score (nSPS) is 11.2. The first-order chi connectivity index (χ1) is 12.9. The van der Waals surface area contributed by atoms with Crippen molar-refractivity contribution in [2.45, 2.75) is 27.7 Å². The standard InChI is InChI=1S/C20H24N4O3/c1-5-23(6-2)18-11-9-16(10-12-18)20(25)22-21-15(4)17-8-7-14(3)19(13-17)24(26)27/h7-13H,5-6H2,1-4H3,(H,22,25)/b21-15-. The topological polar surface area (TPSA) is 87.8 Å². The van der Waals surface area contributed by atoms with Crippen LogP contribution in [0.3, 0.4) is 0 Å². The molecule has 2 aromatic carbocycles. The lowest BCUT2D eigenvalue weighted by molar-refractivity contribution is -0.385. The van der Waals surface area contributed by atoms with Crippen LogP contribution in [0.25, 0.3) is 0 Å². The van der Waals surface area contributed by atoms with Crippen LogP contribution in [0.2, 0.25) is 0 Å². The van der Waals surface area contributed by atoms with E-state index in [1.807, 2.05) is 12.1 Å². The zero-order valence-corrected chi connectivity index (χ0v) is 16.0. The van der Waals surface area contributed by atoms with Crippen molar-refractivity contribution in [2.75, 3.05) is 18.0 Å². The summed E-state index contributed by atoms with van der Waals surface area (Å²) in [6.45, 7) is 9.33. The van der Waals surface area contributed by atoms with E-state index in [1.165, 1.54) is 6.07 Å². The summed E-state index contributed by atoms with van der Waals surface area (Å²) in [5.41, 5.74) is 5.74. The van der Waals surface area contributed by atoms with Gasteiger partial charge in [-0.25, -0.2) is 5.43 Å². The van der Waals surface area contributed by atoms with Crippen molar-refractivity contribution in [1.82, 2.24) is 5.43 Å². The van der Waals surface area contributed by atoms with Crippen molar-refractivity contribution < 1.29 is 9.72 Å². The third-order valence-corrected chi connectivity index (χ3v) is 4.41. The lowest BCUT2D eigenvalue weighted by Gasteiger charge is -2.20. The minimum atomic E-state index is -0.428. The third kappa shape index (κ3) is 4.91. The fourth-order valence-corrected chi connectivity index (χ4v) is 2.71. The summed E-state index contributed by atoms with van der Waals surface area (Å²) in [6, 6.07) is 12.2. The molecule has 27 heavy (non-hydrogen) atoms. The van der Waals surface area contributed by atoms with Gasteiger partial charge in [-0.1, -0.05) is 12.1 Å². The van der Waals surface area contributed by atoms with Gasteiger partial charge in [-0.2, -0.15) is 5.10 Å². The predicted molar refractivity (Wildman–Crippen MR) is 108 cm³/mol. The highest BCUT2D eigenvalue weighted by atomic mass is 16.6. The second-order valence-electron chi connectivity index (χ2n) is 6.12. The molecule has 0 aromatic heterocycles. The Bertz CT molecular complexity index is 856. The molecule has 0 saturated carbocycles. The number of amides is 1. The van der Waals surface area contributed by atoms with Gasteiger partial charge in [-0.15, -0.1) is 0 Å². The fraction of sp³-hybridized carbons (Fsp3) is 0.300. The van der Waals surface area contributed by atoms with Crippen LogP contribution in [0.5, 0.6) is 0 Å². The van der Waals surface area contributed by atoms with Crippen LogP contribution in [-0.4, -0.2) is 29.6 Å². The zero-order valence-electron chi connectivity index (χ0n) is 16.0. The lowest BCUT2D eigenvalue weighted by Crippen LogP contribution is -2.22. The van der Waals surface area contributed by atoms with Crippen molar-refractivity contribution in [3.8, 4) is 0 Å². The summed E-state index contributed by atoms with van der Waals surface area (Å²) >= 11 is 0. The number of carbonyl (C=O) groups excluding carboxylic acids is 1. The Morgan fingerprint density at radius 2 is 1.70 bits per heavy atom. The van der Waals surface area contributed by atoms with Crippen LogP contribution in [-0.2, 0) is 0 Å². The number of carbonyl (C=O) groups is 1. The largest absolute Gasteiger partial charge is 0.372 e. The van der Waals surface area contributed by atoms with Crippen LogP contribution >= 0.6 is 0 Å². The molecule has 0 bridgehead atoms. The third-order valence-electron chi connectivity index (χ3n) is 4.41. The molecule has 7 heteroatoms. The molecule has 0 fully saturated rings. The Labute approximate surface area is 158 Å². The number of benzene rings is 2. The van der Waals surface area contributed by atoms with Gasteiger partial charge in [-0.3, -0.25) is 14.9 Å². The van der Waals surface area contributed by atoms with Crippen molar-refractivity contribution in [3.05, 3.63) is 69.3 Å². The maximum atomic E-state index is 12.3. The van der Waals surface area contributed by atoms with Gasteiger partial charge in [0, 0.05) is 41.5 Å². The molecule has 2 rings (SSSR count). The van der Waals surface area contributed by atoms with E-state index in [0.717, 1.165) is 18.8 Å². The minimum Gasteiger partial charge on any atom is -0.372 e. The molecule has 0 heterocycles. The van der Waals surface area contributed by atoms with E-state index in [-0.39, 0.29) is 11.6 Å². The Morgan fingerprint density at radius 1 is 1.11 bits per heavy atom. The summed E-state index contributed by atoms with van der Waals surface area (Å²) < 4.78 is 0. The van der Waals surface area contributed by atoms with E-state index in [2.05, 4.69) is 29.3 Å². The number of aryl methyl sites for hydroxylation is 1. The van der Waals surface area contributed by atoms with Crippen molar-refractivity contribution >= 4 is 23.0 Å². The SMILES string of the molecule is CCN(CC)c1ccc(C(=O)N/N=C(/C)c2ccc(C)c([N+](=O)[O-])c2)cc1. The van der Waals surface area contributed by atoms with Gasteiger partial charge in [0.25, 0.3) is 11.6 Å². The number of rotatable bonds is 7. The van der Waals surface area contributed by atoms with E-state index in [0.29, 0.717) is 22.4 Å². The smallest absolute Gasteiger partial charge is 0.272 e. The Balaban J connectivity index is 2.11. The number of nitro groups is 1. The number of nitro benzene ring substituents is 1. The molecule has 0 saturated heterocycles. The minimum absolute atomic E-state index is 0.0281. The predicted octanol–water partition coefficient (Wildman–Crippen LogP) is 3.90. The summed E-state index contributed by atoms with van der Waals surface area (Å²) in [5, 5.41) is 15.1. The molecule has 0 aliphatic rings. The van der Waals surface area contributed by atoms with Gasteiger partial charge in [-0.05, 0) is 52.0 Å². The van der Waals surface area contributed by atoms with Crippen LogP contribution in [0.15, 0.2) is 47.6 Å². The number of hydrogen-bond donors (Lipinski definition) is 1. The van der Waals surface area contributed by atoms with Crippen LogP contribution < -0.4 is 10.3 Å². The summed E-state index contributed by atoms with van der Waals surface area (Å²) in [4.78, 5) is 25.1. The molecule has 0 spiro atoms. The second-order valence-corrected chi connectivity index (χ2v) is 6.12. The highest BCUT2D eigenvalue weighted by molar-refractivity contribution is 6.01. The first-order valence-corrected chi connectivity index (χ1v) is 8.82. The molecule has 0 radical (unpaired) electrons. The molecule has 7 nitrogen and oxygen atoms in total. The molecule has 0 aliphatic heterocycles. The Morgan fingerprint density at radius 3 is 2.26 bits per heavy atom. The number of hydrazone groups is 1. The number of nitrogens with one attached hydrogen (secondary N) is 1. The zero-order chi connectivity index (χ0) is 20.0. The lowest BCUT2D eigenvalue weighted by atomic mass is 10.1. The average Bonchev–Trinajstić information content (AvgIpc) is 2.67. The number of nitrogens with zero attached hydrogens (tertiary/aromatic N) is 3. The molecule has 2 aromatic rings. The van der Waals surface area contributed by atoms with E-state index in [1.54, 1.807) is 38.1 Å².